The third-order valence-electron chi connectivity index (χ3n) is 6.03. The van der Waals surface area contributed by atoms with Crippen molar-refractivity contribution in [2.75, 3.05) is 27.9 Å². The molecule has 0 amide bonds. The largest absolute Gasteiger partial charge is 0.504 e. The van der Waals surface area contributed by atoms with E-state index >= 15 is 0 Å². The van der Waals surface area contributed by atoms with Crippen LogP contribution in [0.25, 0.3) is 22.1 Å². The first-order chi connectivity index (χ1) is 17.7. The Morgan fingerprint density at radius 3 is 2.22 bits per heavy atom. The summed E-state index contributed by atoms with van der Waals surface area (Å²) in [6.07, 6.45) is -6.74. The fourth-order valence-electron chi connectivity index (χ4n) is 4.10. The minimum Gasteiger partial charge on any atom is -0.504 e. The van der Waals surface area contributed by atoms with Gasteiger partial charge in [0.25, 0.3) is 0 Å². The Morgan fingerprint density at radius 2 is 1.59 bits per heavy atom. The van der Waals surface area contributed by atoms with E-state index in [2.05, 4.69) is 0 Å². The first-order valence-electron chi connectivity index (χ1n) is 10.9. The zero-order chi connectivity index (χ0) is 27.0. The van der Waals surface area contributed by atoms with Crippen LogP contribution in [0.4, 0.5) is 0 Å². The lowest BCUT2D eigenvalue weighted by Crippen LogP contribution is -2.60. The molecule has 4 rings (SSSR count). The normalized spacial score (nSPS) is 23.6. The van der Waals surface area contributed by atoms with E-state index in [9.17, 15) is 35.4 Å². The summed E-state index contributed by atoms with van der Waals surface area (Å²) in [7, 11) is 3.90. The Balaban J connectivity index is 1.80. The number of aliphatic hydroxyl groups is 4. The SMILES string of the molecule is COc1cc(-c2coc3cc(O[C@@H]4OC(CO)[C@@H](O)[C@H](O)C4O)c(OC)c(O)c3c2=O)cc(O)c1OC. The maximum Gasteiger partial charge on any atom is 0.229 e. The van der Waals surface area contributed by atoms with E-state index < -0.39 is 48.5 Å². The predicted octanol–water partition coefficient (Wildman–Crippen LogP) is 0.0757. The first kappa shape index (κ1) is 26.3. The Bertz CT molecular complexity index is 1350. The summed E-state index contributed by atoms with van der Waals surface area (Å²) in [4.78, 5) is 13.4. The van der Waals surface area contributed by atoms with Gasteiger partial charge in [0, 0.05) is 6.07 Å². The topological polar surface area (TPSA) is 198 Å². The monoisotopic (exact) mass is 522 g/mol. The quantitative estimate of drug-likeness (QED) is 0.244. The van der Waals surface area contributed by atoms with Gasteiger partial charge in [-0.05, 0) is 17.7 Å². The van der Waals surface area contributed by atoms with Gasteiger partial charge in [0.1, 0.15) is 41.6 Å². The second kappa shape index (κ2) is 10.3. The third-order valence-corrected chi connectivity index (χ3v) is 6.03. The number of benzene rings is 2. The lowest BCUT2D eigenvalue weighted by molar-refractivity contribution is -0.277. The van der Waals surface area contributed by atoms with Crippen molar-refractivity contribution >= 4 is 11.0 Å². The van der Waals surface area contributed by atoms with Crippen LogP contribution in [0.2, 0.25) is 0 Å². The van der Waals surface area contributed by atoms with Gasteiger partial charge in [0.2, 0.25) is 23.2 Å². The van der Waals surface area contributed by atoms with Gasteiger partial charge in [-0.1, -0.05) is 0 Å². The fraction of sp³-hybridized carbons (Fsp3) is 0.375. The van der Waals surface area contributed by atoms with Gasteiger partial charge in [-0.25, -0.2) is 0 Å². The number of fused-ring (bicyclic) bond motifs is 1. The summed E-state index contributed by atoms with van der Waals surface area (Å²) in [5.41, 5.74) is -0.617. The number of phenolic OH excluding ortho intramolecular Hbond substituents is 2. The van der Waals surface area contributed by atoms with E-state index in [1.807, 2.05) is 0 Å². The summed E-state index contributed by atoms with van der Waals surface area (Å²) in [5, 5.41) is 60.6. The van der Waals surface area contributed by atoms with Crippen LogP contribution in [0.5, 0.6) is 34.5 Å². The van der Waals surface area contributed by atoms with Crippen molar-refractivity contribution in [1.29, 1.82) is 0 Å². The molecule has 0 saturated carbocycles. The van der Waals surface area contributed by atoms with Gasteiger partial charge in [-0.3, -0.25) is 4.79 Å². The lowest BCUT2D eigenvalue weighted by Gasteiger charge is -2.39. The molecule has 2 aromatic carbocycles. The highest BCUT2D eigenvalue weighted by Gasteiger charge is 2.45. The van der Waals surface area contributed by atoms with Crippen LogP contribution in [0, 0.1) is 0 Å². The van der Waals surface area contributed by atoms with Crippen LogP contribution in [-0.2, 0) is 4.74 Å². The molecular formula is C24H26O13. The molecule has 3 aromatic rings. The van der Waals surface area contributed by atoms with Crippen LogP contribution in [0.1, 0.15) is 0 Å². The first-order valence-corrected chi connectivity index (χ1v) is 10.9. The van der Waals surface area contributed by atoms with Crippen LogP contribution in [0.3, 0.4) is 0 Å². The molecule has 1 aromatic heterocycles. The summed E-state index contributed by atoms with van der Waals surface area (Å²) in [6.45, 7) is -0.672. The molecular weight excluding hydrogens is 496 g/mol. The summed E-state index contributed by atoms with van der Waals surface area (Å²) in [6, 6.07) is 3.92. The Kier molecular flexibility index (Phi) is 7.34. The molecule has 37 heavy (non-hydrogen) atoms. The Labute approximate surface area is 209 Å². The molecule has 13 nitrogen and oxygen atoms in total. The average molecular weight is 522 g/mol. The maximum absolute atomic E-state index is 13.4. The summed E-state index contributed by atoms with van der Waals surface area (Å²) >= 11 is 0. The number of hydrogen-bond acceptors (Lipinski definition) is 13. The molecule has 0 aliphatic carbocycles. The Hall–Kier alpha value is -3.75. The smallest absolute Gasteiger partial charge is 0.229 e. The molecule has 2 heterocycles. The molecule has 6 N–H and O–H groups in total. The number of hydrogen-bond donors (Lipinski definition) is 6. The van der Waals surface area contributed by atoms with E-state index in [1.54, 1.807) is 0 Å². The van der Waals surface area contributed by atoms with E-state index in [1.165, 1.54) is 39.5 Å². The molecule has 1 saturated heterocycles. The highest BCUT2D eigenvalue weighted by atomic mass is 16.7. The van der Waals surface area contributed by atoms with E-state index in [0.29, 0.717) is 0 Å². The van der Waals surface area contributed by atoms with Crippen LogP contribution >= 0.6 is 0 Å². The van der Waals surface area contributed by atoms with Crippen LogP contribution in [-0.4, -0.2) is 89.3 Å². The molecule has 13 heteroatoms. The van der Waals surface area contributed by atoms with Gasteiger partial charge >= 0.3 is 0 Å². The van der Waals surface area contributed by atoms with Crippen molar-refractivity contribution in [3.63, 3.8) is 0 Å². The minimum atomic E-state index is -1.73. The van der Waals surface area contributed by atoms with Crippen molar-refractivity contribution in [2.45, 2.75) is 30.7 Å². The molecule has 2 unspecified atom stereocenters. The van der Waals surface area contributed by atoms with Crippen LogP contribution < -0.4 is 24.4 Å². The molecule has 1 fully saturated rings. The number of ether oxygens (including phenoxy) is 5. The highest BCUT2D eigenvalue weighted by Crippen LogP contribution is 2.44. The summed E-state index contributed by atoms with van der Waals surface area (Å²) < 4.78 is 32.0. The lowest BCUT2D eigenvalue weighted by atomic mass is 9.99. The standard InChI is InChI=1S/C24H26O13/c1-32-13-5-9(4-11(26)22(13)33-2)10-8-35-12-6-14(23(34-3)19(29)16(12)17(10)27)36-24-21(31)20(30)18(28)15(7-25)37-24/h4-6,8,15,18,20-21,24-26,28-31H,7H2,1-3H3/t15?,18-,20+,21?,24-/m1/s1. The van der Waals surface area contributed by atoms with E-state index in [0.717, 1.165) is 6.26 Å². The van der Waals surface area contributed by atoms with Crippen molar-refractivity contribution < 1.29 is 58.7 Å². The van der Waals surface area contributed by atoms with Crippen LogP contribution in [0.15, 0.2) is 33.7 Å². The van der Waals surface area contributed by atoms with Gasteiger partial charge < -0.3 is 58.7 Å². The molecule has 0 spiro atoms. The van der Waals surface area contributed by atoms with E-state index in [-0.39, 0.29) is 50.8 Å². The second-order valence-electron chi connectivity index (χ2n) is 8.15. The number of aliphatic hydroxyl groups excluding tert-OH is 4. The van der Waals surface area contributed by atoms with Crippen molar-refractivity contribution in [3.8, 4) is 45.6 Å². The highest BCUT2D eigenvalue weighted by molar-refractivity contribution is 5.91. The molecule has 0 radical (unpaired) electrons. The zero-order valence-corrected chi connectivity index (χ0v) is 19.9. The molecule has 1 aliphatic heterocycles. The third kappa shape index (κ3) is 4.47. The van der Waals surface area contributed by atoms with Crippen molar-refractivity contribution in [3.05, 3.63) is 34.7 Å². The average Bonchev–Trinajstić information content (AvgIpc) is 2.88. The molecule has 0 bridgehead atoms. The zero-order valence-electron chi connectivity index (χ0n) is 19.9. The molecule has 200 valence electrons. The predicted molar refractivity (Wildman–Crippen MR) is 125 cm³/mol. The Morgan fingerprint density at radius 1 is 0.892 bits per heavy atom. The number of aromatic hydroxyl groups is 2. The maximum atomic E-state index is 13.4. The van der Waals surface area contributed by atoms with Gasteiger partial charge in [0.15, 0.2) is 23.0 Å². The minimum absolute atomic E-state index is 0.0243. The number of rotatable bonds is 7. The van der Waals surface area contributed by atoms with E-state index in [4.69, 9.17) is 28.1 Å². The molecule has 1 aliphatic rings. The molecule has 5 atom stereocenters. The summed E-state index contributed by atoms with van der Waals surface area (Å²) in [5.74, 6) is -1.26. The van der Waals surface area contributed by atoms with Crippen molar-refractivity contribution in [1.82, 2.24) is 0 Å². The van der Waals surface area contributed by atoms with Gasteiger partial charge in [-0.15, -0.1) is 0 Å². The van der Waals surface area contributed by atoms with Gasteiger partial charge in [-0.2, -0.15) is 0 Å². The van der Waals surface area contributed by atoms with Crippen molar-refractivity contribution in [2.24, 2.45) is 0 Å². The fourth-order valence-corrected chi connectivity index (χ4v) is 4.10. The number of methoxy groups -OCH3 is 3. The van der Waals surface area contributed by atoms with Gasteiger partial charge in [0.05, 0.1) is 33.5 Å². The number of phenols is 2. The second-order valence-corrected chi connectivity index (χ2v) is 8.15.